The molecule has 0 radical (unpaired) electrons. The van der Waals surface area contributed by atoms with Crippen LogP contribution in [0.5, 0.6) is 0 Å². The van der Waals surface area contributed by atoms with E-state index in [0.717, 1.165) is 42.4 Å². The van der Waals surface area contributed by atoms with Gasteiger partial charge in [-0.15, -0.1) is 0 Å². The molecule has 0 atom stereocenters. The van der Waals surface area contributed by atoms with E-state index >= 15 is 0 Å². The van der Waals surface area contributed by atoms with Gasteiger partial charge in [0.25, 0.3) is 0 Å². The van der Waals surface area contributed by atoms with Crippen LogP contribution >= 0.6 is 11.6 Å². The summed E-state index contributed by atoms with van der Waals surface area (Å²) in [4.78, 5) is 16.6. The number of carbonyl (C=O) groups is 1. The smallest absolute Gasteiger partial charge is 0.228 e. The number of aromatic nitrogens is 1. The number of hydrogen-bond donors (Lipinski definition) is 1. The SMILES string of the molecule is Cc1ccc(Cl)c(-c2ccc(NC(=O)C3CCCCC3)nc2)c1. The summed E-state index contributed by atoms with van der Waals surface area (Å²) in [6, 6.07) is 9.71. The Balaban J connectivity index is 1.71. The minimum Gasteiger partial charge on any atom is -0.310 e. The first kappa shape index (κ1) is 16.0. The average molecular weight is 329 g/mol. The number of amides is 1. The number of nitrogens with one attached hydrogen (secondary N) is 1. The normalized spacial score (nSPS) is 15.4. The zero-order chi connectivity index (χ0) is 16.2. The fourth-order valence-corrected chi connectivity index (χ4v) is 3.31. The highest BCUT2D eigenvalue weighted by atomic mass is 35.5. The van der Waals surface area contributed by atoms with Crippen LogP contribution in [-0.2, 0) is 4.79 Å². The molecule has 3 rings (SSSR count). The molecule has 0 spiro atoms. The Morgan fingerprint density at radius 2 is 1.96 bits per heavy atom. The second-order valence-electron chi connectivity index (χ2n) is 6.24. The van der Waals surface area contributed by atoms with Crippen molar-refractivity contribution in [3.63, 3.8) is 0 Å². The maximum absolute atomic E-state index is 12.2. The Kier molecular flexibility index (Phi) is 4.97. The predicted octanol–water partition coefficient (Wildman–Crippen LogP) is 5.23. The minimum absolute atomic E-state index is 0.0959. The second kappa shape index (κ2) is 7.14. The van der Waals surface area contributed by atoms with Gasteiger partial charge < -0.3 is 5.32 Å². The zero-order valence-corrected chi connectivity index (χ0v) is 14.1. The summed E-state index contributed by atoms with van der Waals surface area (Å²) < 4.78 is 0. The molecule has 1 amide bonds. The number of rotatable bonds is 3. The van der Waals surface area contributed by atoms with Crippen molar-refractivity contribution >= 4 is 23.3 Å². The van der Waals surface area contributed by atoms with Gasteiger partial charge in [-0.2, -0.15) is 0 Å². The molecule has 2 aromatic rings. The van der Waals surface area contributed by atoms with Gasteiger partial charge in [-0.3, -0.25) is 4.79 Å². The van der Waals surface area contributed by atoms with Crippen LogP contribution in [0.25, 0.3) is 11.1 Å². The third-order valence-corrected chi connectivity index (χ3v) is 4.75. The Labute approximate surface area is 142 Å². The largest absolute Gasteiger partial charge is 0.310 e. The summed E-state index contributed by atoms with van der Waals surface area (Å²) in [6.45, 7) is 2.03. The van der Waals surface area contributed by atoms with E-state index in [0.29, 0.717) is 10.8 Å². The summed E-state index contributed by atoms with van der Waals surface area (Å²) in [5, 5.41) is 3.64. The number of benzene rings is 1. The standard InChI is InChI=1S/C19H21ClN2O/c1-13-7-9-17(20)16(11-13)15-8-10-18(21-12-15)22-19(23)14-5-3-2-4-6-14/h7-12,14H,2-6H2,1H3,(H,21,22,23). The van der Waals surface area contributed by atoms with Crippen molar-refractivity contribution in [2.24, 2.45) is 5.92 Å². The van der Waals surface area contributed by atoms with Crippen molar-refractivity contribution in [3.8, 4) is 11.1 Å². The lowest BCUT2D eigenvalue weighted by molar-refractivity contribution is -0.120. The average Bonchev–Trinajstić information content (AvgIpc) is 2.58. The van der Waals surface area contributed by atoms with E-state index in [1.54, 1.807) is 6.20 Å². The van der Waals surface area contributed by atoms with Gasteiger partial charge >= 0.3 is 0 Å². The molecular weight excluding hydrogens is 308 g/mol. The van der Waals surface area contributed by atoms with E-state index in [-0.39, 0.29) is 11.8 Å². The van der Waals surface area contributed by atoms with E-state index in [1.165, 1.54) is 6.42 Å². The van der Waals surface area contributed by atoms with Crippen LogP contribution < -0.4 is 5.32 Å². The molecule has 1 saturated carbocycles. The van der Waals surface area contributed by atoms with E-state index in [2.05, 4.69) is 10.3 Å². The molecule has 1 aromatic carbocycles. The van der Waals surface area contributed by atoms with Crippen LogP contribution in [0.1, 0.15) is 37.7 Å². The van der Waals surface area contributed by atoms with Gasteiger partial charge in [-0.25, -0.2) is 4.98 Å². The molecular formula is C19H21ClN2O. The van der Waals surface area contributed by atoms with E-state index in [1.807, 2.05) is 37.3 Å². The van der Waals surface area contributed by atoms with Gasteiger partial charge in [0.2, 0.25) is 5.91 Å². The maximum atomic E-state index is 12.2. The van der Waals surface area contributed by atoms with Crippen LogP contribution in [-0.4, -0.2) is 10.9 Å². The Hall–Kier alpha value is -1.87. The molecule has 23 heavy (non-hydrogen) atoms. The van der Waals surface area contributed by atoms with Crippen LogP contribution in [0.15, 0.2) is 36.5 Å². The number of aryl methyl sites for hydroxylation is 1. The highest BCUT2D eigenvalue weighted by Crippen LogP contribution is 2.29. The van der Waals surface area contributed by atoms with Gasteiger partial charge in [-0.05, 0) is 44.0 Å². The quantitative estimate of drug-likeness (QED) is 0.838. The second-order valence-corrected chi connectivity index (χ2v) is 6.65. The first-order valence-electron chi connectivity index (χ1n) is 8.17. The molecule has 120 valence electrons. The summed E-state index contributed by atoms with van der Waals surface area (Å²) in [5.41, 5.74) is 3.07. The van der Waals surface area contributed by atoms with Gasteiger partial charge in [0.15, 0.2) is 0 Å². The number of hydrogen-bond acceptors (Lipinski definition) is 2. The van der Waals surface area contributed by atoms with Crippen molar-refractivity contribution in [1.29, 1.82) is 0 Å². The van der Waals surface area contributed by atoms with Crippen LogP contribution in [0, 0.1) is 12.8 Å². The first-order valence-corrected chi connectivity index (χ1v) is 8.55. The fourth-order valence-electron chi connectivity index (χ4n) is 3.08. The highest BCUT2D eigenvalue weighted by molar-refractivity contribution is 6.33. The Morgan fingerprint density at radius 1 is 1.17 bits per heavy atom. The summed E-state index contributed by atoms with van der Waals surface area (Å²) in [5.74, 6) is 0.836. The molecule has 4 heteroatoms. The molecule has 1 fully saturated rings. The minimum atomic E-state index is 0.0959. The Bertz CT molecular complexity index is 691. The lowest BCUT2D eigenvalue weighted by Gasteiger charge is -2.20. The van der Waals surface area contributed by atoms with Crippen molar-refractivity contribution in [2.45, 2.75) is 39.0 Å². The van der Waals surface area contributed by atoms with Crippen molar-refractivity contribution in [3.05, 3.63) is 47.1 Å². The van der Waals surface area contributed by atoms with Gasteiger partial charge in [-0.1, -0.05) is 42.5 Å². The lowest BCUT2D eigenvalue weighted by Crippen LogP contribution is -2.25. The predicted molar refractivity (Wildman–Crippen MR) is 94.6 cm³/mol. The van der Waals surface area contributed by atoms with Gasteiger partial charge in [0, 0.05) is 28.3 Å². The monoisotopic (exact) mass is 328 g/mol. The van der Waals surface area contributed by atoms with Gasteiger partial charge in [0.05, 0.1) is 0 Å². The van der Waals surface area contributed by atoms with E-state index < -0.39 is 0 Å². The number of nitrogens with zero attached hydrogens (tertiary/aromatic N) is 1. The topological polar surface area (TPSA) is 42.0 Å². The lowest BCUT2D eigenvalue weighted by atomic mass is 9.89. The highest BCUT2D eigenvalue weighted by Gasteiger charge is 2.21. The Morgan fingerprint density at radius 3 is 2.65 bits per heavy atom. The number of carbonyl (C=O) groups excluding carboxylic acids is 1. The van der Waals surface area contributed by atoms with Crippen molar-refractivity contribution in [1.82, 2.24) is 4.98 Å². The van der Waals surface area contributed by atoms with Crippen LogP contribution in [0.4, 0.5) is 5.82 Å². The number of pyridine rings is 1. The summed E-state index contributed by atoms with van der Waals surface area (Å²) in [7, 11) is 0. The maximum Gasteiger partial charge on any atom is 0.228 e. The molecule has 0 saturated heterocycles. The van der Waals surface area contributed by atoms with E-state index in [9.17, 15) is 4.79 Å². The summed E-state index contributed by atoms with van der Waals surface area (Å²) in [6.07, 6.45) is 7.28. The molecule has 0 unspecified atom stereocenters. The zero-order valence-electron chi connectivity index (χ0n) is 13.3. The summed E-state index contributed by atoms with van der Waals surface area (Å²) >= 11 is 6.26. The van der Waals surface area contributed by atoms with Gasteiger partial charge in [0.1, 0.15) is 5.82 Å². The van der Waals surface area contributed by atoms with Crippen LogP contribution in [0.2, 0.25) is 5.02 Å². The number of anilines is 1. The molecule has 1 N–H and O–H groups in total. The fraction of sp³-hybridized carbons (Fsp3) is 0.368. The third-order valence-electron chi connectivity index (χ3n) is 4.42. The molecule has 0 bridgehead atoms. The molecule has 1 heterocycles. The van der Waals surface area contributed by atoms with Crippen LogP contribution in [0.3, 0.4) is 0 Å². The van der Waals surface area contributed by atoms with Crippen molar-refractivity contribution < 1.29 is 4.79 Å². The van der Waals surface area contributed by atoms with Crippen molar-refractivity contribution in [2.75, 3.05) is 5.32 Å². The molecule has 1 aromatic heterocycles. The molecule has 0 aliphatic heterocycles. The third kappa shape index (κ3) is 3.91. The first-order chi connectivity index (χ1) is 11.1. The molecule has 1 aliphatic rings. The van der Waals surface area contributed by atoms with E-state index in [4.69, 9.17) is 11.6 Å². The molecule has 3 nitrogen and oxygen atoms in total. The molecule has 1 aliphatic carbocycles. The number of halogens is 1.